The van der Waals surface area contributed by atoms with Crippen molar-refractivity contribution >= 4 is 0 Å². The molecule has 1 N–H and O–H groups in total. The minimum Gasteiger partial charge on any atom is -0.497 e. The molecule has 1 aromatic rings. The molecule has 0 aliphatic carbocycles. The molecular weight excluding hydrogens is 250 g/mol. The second kappa shape index (κ2) is 9.43. The number of hydrogen-bond donors (Lipinski definition) is 1. The van der Waals surface area contributed by atoms with Gasteiger partial charge >= 0.3 is 0 Å². The van der Waals surface area contributed by atoms with Crippen molar-refractivity contribution in [3.05, 3.63) is 36.4 Å². The van der Waals surface area contributed by atoms with Crippen LogP contribution >= 0.6 is 0 Å². The van der Waals surface area contributed by atoms with E-state index >= 15 is 0 Å². The third kappa shape index (κ3) is 5.25. The zero-order chi connectivity index (χ0) is 14.8. The second-order valence-electron chi connectivity index (χ2n) is 4.94. The standard InChI is InChI=1S/C17H27NO2/c1-5-7-14(6-2)10-11-18-13-15-8-9-16(19-3)12-17(15)20-4/h5,8-9,12,14,18H,1,6-7,10-11,13H2,2-4H3. The number of nitrogens with one attached hydrogen (secondary N) is 1. The summed E-state index contributed by atoms with van der Waals surface area (Å²) >= 11 is 0. The van der Waals surface area contributed by atoms with E-state index in [2.05, 4.69) is 18.8 Å². The molecule has 0 radical (unpaired) electrons. The lowest BCUT2D eigenvalue weighted by atomic mass is 9.98. The van der Waals surface area contributed by atoms with E-state index in [0.29, 0.717) is 0 Å². The summed E-state index contributed by atoms with van der Waals surface area (Å²) in [6.07, 6.45) is 5.51. The van der Waals surface area contributed by atoms with Crippen LogP contribution in [0.1, 0.15) is 31.7 Å². The second-order valence-corrected chi connectivity index (χ2v) is 4.94. The lowest BCUT2D eigenvalue weighted by Gasteiger charge is -2.14. The molecule has 1 atom stereocenters. The number of allylic oxidation sites excluding steroid dienone is 1. The van der Waals surface area contributed by atoms with Crippen molar-refractivity contribution in [3.8, 4) is 11.5 Å². The fourth-order valence-electron chi connectivity index (χ4n) is 2.25. The molecule has 0 saturated heterocycles. The Morgan fingerprint density at radius 3 is 2.70 bits per heavy atom. The van der Waals surface area contributed by atoms with Crippen LogP contribution in [0.15, 0.2) is 30.9 Å². The number of methoxy groups -OCH3 is 2. The molecule has 20 heavy (non-hydrogen) atoms. The third-order valence-electron chi connectivity index (χ3n) is 3.62. The van der Waals surface area contributed by atoms with Gasteiger partial charge in [-0.3, -0.25) is 0 Å². The molecule has 0 aliphatic rings. The van der Waals surface area contributed by atoms with Gasteiger partial charge in [0, 0.05) is 18.2 Å². The molecule has 0 heterocycles. The normalized spacial score (nSPS) is 11.9. The van der Waals surface area contributed by atoms with E-state index in [1.807, 2.05) is 24.3 Å². The molecular formula is C17H27NO2. The topological polar surface area (TPSA) is 30.5 Å². The van der Waals surface area contributed by atoms with E-state index in [0.717, 1.165) is 42.5 Å². The maximum atomic E-state index is 5.39. The first kappa shape index (κ1) is 16.6. The summed E-state index contributed by atoms with van der Waals surface area (Å²) < 4.78 is 10.6. The number of benzene rings is 1. The SMILES string of the molecule is C=CCC(CC)CCNCc1ccc(OC)cc1OC. The Labute approximate surface area is 123 Å². The predicted molar refractivity (Wildman–Crippen MR) is 84.5 cm³/mol. The van der Waals surface area contributed by atoms with Gasteiger partial charge in [0.05, 0.1) is 14.2 Å². The minimum atomic E-state index is 0.734. The molecule has 3 heteroatoms. The van der Waals surface area contributed by atoms with Crippen molar-refractivity contribution in [2.45, 2.75) is 32.7 Å². The van der Waals surface area contributed by atoms with E-state index in [1.54, 1.807) is 14.2 Å². The number of ether oxygens (including phenoxy) is 2. The van der Waals surface area contributed by atoms with Crippen LogP contribution in [-0.2, 0) is 6.54 Å². The molecule has 112 valence electrons. The van der Waals surface area contributed by atoms with E-state index in [4.69, 9.17) is 9.47 Å². The summed E-state index contributed by atoms with van der Waals surface area (Å²) in [5.74, 6) is 2.43. The van der Waals surface area contributed by atoms with Crippen LogP contribution in [0.2, 0.25) is 0 Å². The monoisotopic (exact) mass is 277 g/mol. The van der Waals surface area contributed by atoms with Crippen molar-refractivity contribution in [3.63, 3.8) is 0 Å². The summed E-state index contributed by atoms with van der Waals surface area (Å²) in [6, 6.07) is 5.93. The fourth-order valence-corrected chi connectivity index (χ4v) is 2.25. The Morgan fingerprint density at radius 1 is 1.30 bits per heavy atom. The highest BCUT2D eigenvalue weighted by Gasteiger charge is 2.06. The molecule has 0 bridgehead atoms. The first-order valence-corrected chi connectivity index (χ1v) is 7.27. The first-order chi connectivity index (χ1) is 9.74. The van der Waals surface area contributed by atoms with Crippen LogP contribution in [0.5, 0.6) is 11.5 Å². The quantitative estimate of drug-likeness (QED) is 0.521. The minimum absolute atomic E-state index is 0.734. The summed E-state index contributed by atoms with van der Waals surface area (Å²) in [4.78, 5) is 0. The molecule has 0 aliphatic heterocycles. The van der Waals surface area contributed by atoms with Gasteiger partial charge in [-0.15, -0.1) is 6.58 Å². The third-order valence-corrected chi connectivity index (χ3v) is 3.62. The first-order valence-electron chi connectivity index (χ1n) is 7.27. The predicted octanol–water partition coefficient (Wildman–Crippen LogP) is 3.79. The molecule has 0 amide bonds. The highest BCUT2D eigenvalue weighted by atomic mass is 16.5. The summed E-state index contributed by atoms with van der Waals surface area (Å²) in [5.41, 5.74) is 1.16. The van der Waals surface area contributed by atoms with E-state index in [9.17, 15) is 0 Å². The van der Waals surface area contributed by atoms with Crippen LogP contribution in [-0.4, -0.2) is 20.8 Å². The molecule has 1 aromatic carbocycles. The van der Waals surface area contributed by atoms with Gasteiger partial charge in [0.1, 0.15) is 11.5 Å². The van der Waals surface area contributed by atoms with Gasteiger partial charge in [-0.05, 0) is 31.4 Å². The highest BCUT2D eigenvalue weighted by molar-refractivity contribution is 5.40. The summed E-state index contributed by atoms with van der Waals surface area (Å²) in [7, 11) is 3.35. The largest absolute Gasteiger partial charge is 0.497 e. The smallest absolute Gasteiger partial charge is 0.127 e. The van der Waals surface area contributed by atoms with Gasteiger partial charge in [-0.25, -0.2) is 0 Å². The van der Waals surface area contributed by atoms with Crippen LogP contribution in [0.3, 0.4) is 0 Å². The Hall–Kier alpha value is -1.48. The lowest BCUT2D eigenvalue weighted by Crippen LogP contribution is -2.18. The van der Waals surface area contributed by atoms with Crippen molar-refractivity contribution in [1.82, 2.24) is 5.32 Å². The zero-order valence-electron chi connectivity index (χ0n) is 12.9. The maximum absolute atomic E-state index is 5.39. The van der Waals surface area contributed by atoms with E-state index < -0.39 is 0 Å². The Kier molecular flexibility index (Phi) is 7.81. The zero-order valence-corrected chi connectivity index (χ0v) is 12.9. The average Bonchev–Trinajstić information content (AvgIpc) is 2.50. The average molecular weight is 277 g/mol. The van der Waals surface area contributed by atoms with Gasteiger partial charge in [0.2, 0.25) is 0 Å². The lowest BCUT2D eigenvalue weighted by molar-refractivity contribution is 0.389. The van der Waals surface area contributed by atoms with Crippen molar-refractivity contribution in [2.24, 2.45) is 5.92 Å². The molecule has 0 spiro atoms. The van der Waals surface area contributed by atoms with Crippen molar-refractivity contribution in [1.29, 1.82) is 0 Å². The van der Waals surface area contributed by atoms with Gasteiger partial charge in [-0.1, -0.05) is 25.5 Å². The van der Waals surface area contributed by atoms with Crippen LogP contribution in [0.4, 0.5) is 0 Å². The molecule has 1 rings (SSSR count). The fraction of sp³-hybridized carbons (Fsp3) is 0.529. The molecule has 1 unspecified atom stereocenters. The molecule has 0 aromatic heterocycles. The summed E-state index contributed by atoms with van der Waals surface area (Å²) in [6.45, 7) is 7.88. The molecule has 0 saturated carbocycles. The number of rotatable bonds is 10. The highest BCUT2D eigenvalue weighted by Crippen LogP contribution is 2.24. The maximum Gasteiger partial charge on any atom is 0.127 e. The van der Waals surface area contributed by atoms with Gasteiger partial charge in [0.15, 0.2) is 0 Å². The van der Waals surface area contributed by atoms with E-state index in [1.165, 1.54) is 12.8 Å². The van der Waals surface area contributed by atoms with Crippen LogP contribution in [0.25, 0.3) is 0 Å². The Balaban J connectivity index is 2.43. The molecule has 0 fully saturated rings. The van der Waals surface area contributed by atoms with Gasteiger partial charge in [0.25, 0.3) is 0 Å². The van der Waals surface area contributed by atoms with Crippen molar-refractivity contribution < 1.29 is 9.47 Å². The van der Waals surface area contributed by atoms with Crippen LogP contribution < -0.4 is 14.8 Å². The Bertz CT molecular complexity index is 404. The van der Waals surface area contributed by atoms with Gasteiger partial charge < -0.3 is 14.8 Å². The van der Waals surface area contributed by atoms with Gasteiger partial charge in [-0.2, -0.15) is 0 Å². The Morgan fingerprint density at radius 2 is 2.10 bits per heavy atom. The number of hydrogen-bond acceptors (Lipinski definition) is 3. The van der Waals surface area contributed by atoms with E-state index in [-0.39, 0.29) is 0 Å². The molecule has 3 nitrogen and oxygen atoms in total. The van der Waals surface area contributed by atoms with Crippen LogP contribution in [0, 0.1) is 5.92 Å². The van der Waals surface area contributed by atoms with Crippen molar-refractivity contribution in [2.75, 3.05) is 20.8 Å². The summed E-state index contributed by atoms with van der Waals surface area (Å²) in [5, 5.41) is 3.48.